The molecule has 0 saturated heterocycles. The Morgan fingerprint density at radius 1 is 0.912 bits per heavy atom. The second-order valence-electron chi connectivity index (χ2n) is 7.45. The van der Waals surface area contributed by atoms with Crippen molar-refractivity contribution in [2.75, 3.05) is 17.3 Å². The monoisotopic (exact) mass is 471 g/mol. The number of hydrogen-bond donors (Lipinski definition) is 2. The molecule has 2 heterocycles. The Hall–Kier alpha value is -4.23. The minimum Gasteiger partial charge on any atom is -0.346 e. The number of amides is 2. The van der Waals surface area contributed by atoms with E-state index in [2.05, 4.69) is 20.6 Å². The highest BCUT2D eigenvalue weighted by Crippen LogP contribution is 2.23. The fraction of sp³-hybridized carbons (Fsp3) is 0.0769. The van der Waals surface area contributed by atoms with Gasteiger partial charge >= 0.3 is 0 Å². The summed E-state index contributed by atoms with van der Waals surface area (Å²) in [6.45, 7) is 0.289. The molecule has 0 radical (unpaired) electrons. The summed E-state index contributed by atoms with van der Waals surface area (Å²) in [5.74, 6) is 0.0625. The first-order valence-corrected chi connectivity index (χ1v) is 10.9. The predicted molar refractivity (Wildman–Crippen MR) is 134 cm³/mol. The van der Waals surface area contributed by atoms with Crippen LogP contribution in [0.2, 0.25) is 5.02 Å². The Kier molecular flexibility index (Phi) is 7.15. The fourth-order valence-corrected chi connectivity index (χ4v) is 3.52. The minimum absolute atomic E-state index is 0.231. The van der Waals surface area contributed by atoms with E-state index in [1.165, 1.54) is 6.20 Å². The zero-order chi connectivity index (χ0) is 23.9. The first kappa shape index (κ1) is 22.9. The lowest BCUT2D eigenvalue weighted by Crippen LogP contribution is -2.23. The lowest BCUT2D eigenvalue weighted by atomic mass is 10.1. The van der Waals surface area contributed by atoms with Crippen LogP contribution in [0.15, 0.2) is 91.3 Å². The summed E-state index contributed by atoms with van der Waals surface area (Å²) >= 11 is 6.30. The maximum atomic E-state index is 12.7. The summed E-state index contributed by atoms with van der Waals surface area (Å²) in [4.78, 5) is 35.6. The molecule has 0 saturated carbocycles. The molecule has 2 N–H and O–H groups in total. The van der Waals surface area contributed by atoms with Crippen molar-refractivity contribution in [1.29, 1.82) is 0 Å². The zero-order valence-electron chi connectivity index (χ0n) is 18.4. The number of aromatic nitrogens is 2. The van der Waals surface area contributed by atoms with Crippen LogP contribution in [0.1, 0.15) is 26.4 Å². The molecule has 4 aromatic rings. The van der Waals surface area contributed by atoms with Crippen molar-refractivity contribution in [1.82, 2.24) is 15.3 Å². The van der Waals surface area contributed by atoms with Gasteiger partial charge in [0.25, 0.3) is 11.8 Å². The maximum Gasteiger partial charge on any atom is 0.257 e. The first-order valence-electron chi connectivity index (χ1n) is 10.5. The van der Waals surface area contributed by atoms with E-state index in [1.807, 2.05) is 60.5 Å². The third kappa shape index (κ3) is 5.57. The summed E-state index contributed by atoms with van der Waals surface area (Å²) < 4.78 is 0. The SMILES string of the molecule is CN(c1ccccc1)c1ccc(C(=O)Nc2ccc(C(=O)NCc3ccccn3)c(Cl)c2)cn1. The Labute approximate surface area is 202 Å². The summed E-state index contributed by atoms with van der Waals surface area (Å²) in [6, 6.07) is 23.5. The molecule has 0 spiro atoms. The summed E-state index contributed by atoms with van der Waals surface area (Å²) in [5.41, 5.74) is 2.92. The third-order valence-electron chi connectivity index (χ3n) is 5.12. The zero-order valence-corrected chi connectivity index (χ0v) is 19.2. The van der Waals surface area contributed by atoms with Crippen LogP contribution in [0, 0.1) is 0 Å². The van der Waals surface area contributed by atoms with Crippen molar-refractivity contribution in [2.24, 2.45) is 0 Å². The predicted octanol–water partition coefficient (Wildman–Crippen LogP) is 5.08. The molecule has 2 aromatic heterocycles. The number of rotatable bonds is 7. The van der Waals surface area contributed by atoms with E-state index in [-0.39, 0.29) is 23.4 Å². The van der Waals surface area contributed by atoms with Crippen LogP contribution in [-0.4, -0.2) is 28.8 Å². The standard InChI is InChI=1S/C26H22ClN5O2/c1-32(21-8-3-2-4-9-21)24-13-10-18(16-29-24)25(33)31-19-11-12-22(23(27)15-19)26(34)30-17-20-7-5-6-14-28-20/h2-16H,17H2,1H3,(H,30,34)(H,31,33). The van der Waals surface area contributed by atoms with Gasteiger partial charge in [0.15, 0.2) is 0 Å². The van der Waals surface area contributed by atoms with Gasteiger partial charge in [-0.05, 0) is 54.6 Å². The van der Waals surface area contributed by atoms with E-state index in [4.69, 9.17) is 11.6 Å². The van der Waals surface area contributed by atoms with Crippen molar-refractivity contribution >= 4 is 40.6 Å². The van der Waals surface area contributed by atoms with Gasteiger partial charge in [0, 0.05) is 30.8 Å². The highest BCUT2D eigenvalue weighted by atomic mass is 35.5. The fourth-order valence-electron chi connectivity index (χ4n) is 3.25. The number of benzene rings is 2. The van der Waals surface area contributed by atoms with E-state index >= 15 is 0 Å². The molecule has 4 rings (SSSR count). The lowest BCUT2D eigenvalue weighted by molar-refractivity contribution is 0.0950. The first-order chi connectivity index (χ1) is 16.5. The van der Waals surface area contributed by atoms with Crippen LogP contribution in [0.4, 0.5) is 17.2 Å². The molecule has 2 aromatic carbocycles. The van der Waals surface area contributed by atoms with Crippen LogP contribution >= 0.6 is 11.6 Å². The number of anilines is 3. The molecule has 170 valence electrons. The summed E-state index contributed by atoms with van der Waals surface area (Å²) in [6.07, 6.45) is 3.18. The number of pyridine rings is 2. The second-order valence-corrected chi connectivity index (χ2v) is 7.86. The number of carbonyl (C=O) groups is 2. The molecule has 8 heteroatoms. The van der Waals surface area contributed by atoms with Crippen LogP contribution in [-0.2, 0) is 6.54 Å². The number of hydrogen-bond acceptors (Lipinski definition) is 5. The number of nitrogens with zero attached hydrogens (tertiary/aromatic N) is 3. The van der Waals surface area contributed by atoms with Gasteiger partial charge in [-0.15, -0.1) is 0 Å². The van der Waals surface area contributed by atoms with Gasteiger partial charge in [-0.2, -0.15) is 0 Å². The molecule has 0 unspecified atom stereocenters. The Bertz CT molecular complexity index is 1280. The van der Waals surface area contributed by atoms with E-state index in [9.17, 15) is 9.59 Å². The van der Waals surface area contributed by atoms with Gasteiger partial charge in [-0.1, -0.05) is 35.9 Å². The Morgan fingerprint density at radius 2 is 1.71 bits per heavy atom. The molecule has 7 nitrogen and oxygen atoms in total. The Morgan fingerprint density at radius 3 is 2.38 bits per heavy atom. The topological polar surface area (TPSA) is 87.2 Å². The quantitative estimate of drug-likeness (QED) is 0.392. The minimum atomic E-state index is -0.329. The van der Waals surface area contributed by atoms with E-state index in [1.54, 1.807) is 36.5 Å². The molecule has 0 bridgehead atoms. The van der Waals surface area contributed by atoms with Gasteiger partial charge in [-0.25, -0.2) is 4.98 Å². The summed E-state index contributed by atoms with van der Waals surface area (Å²) in [7, 11) is 1.91. The maximum absolute atomic E-state index is 12.7. The molecular weight excluding hydrogens is 450 g/mol. The molecule has 34 heavy (non-hydrogen) atoms. The van der Waals surface area contributed by atoms with Gasteiger partial charge in [0.1, 0.15) is 5.82 Å². The second kappa shape index (κ2) is 10.6. The van der Waals surface area contributed by atoms with Crippen molar-refractivity contribution in [3.8, 4) is 0 Å². The molecule has 0 fully saturated rings. The molecular formula is C26H22ClN5O2. The number of halogens is 1. The summed E-state index contributed by atoms with van der Waals surface area (Å²) in [5, 5.41) is 5.80. The van der Waals surface area contributed by atoms with Crippen LogP contribution in [0.3, 0.4) is 0 Å². The molecule has 2 amide bonds. The largest absolute Gasteiger partial charge is 0.346 e. The van der Waals surface area contributed by atoms with Crippen molar-refractivity contribution in [3.63, 3.8) is 0 Å². The molecule has 0 aliphatic heterocycles. The average molecular weight is 472 g/mol. The van der Waals surface area contributed by atoms with Gasteiger partial charge in [0.05, 0.1) is 28.4 Å². The number of nitrogens with one attached hydrogen (secondary N) is 2. The third-order valence-corrected chi connectivity index (χ3v) is 5.44. The molecule has 0 aliphatic rings. The lowest BCUT2D eigenvalue weighted by Gasteiger charge is -2.18. The van der Waals surface area contributed by atoms with Crippen LogP contribution in [0.25, 0.3) is 0 Å². The number of carbonyl (C=O) groups excluding carboxylic acids is 2. The molecule has 0 atom stereocenters. The normalized spacial score (nSPS) is 10.4. The van der Waals surface area contributed by atoms with Crippen molar-refractivity contribution in [2.45, 2.75) is 6.54 Å². The van der Waals surface area contributed by atoms with Gasteiger partial charge in [0.2, 0.25) is 0 Å². The van der Waals surface area contributed by atoms with Crippen molar-refractivity contribution in [3.05, 3.63) is 113 Å². The highest BCUT2D eigenvalue weighted by molar-refractivity contribution is 6.34. The number of para-hydroxylation sites is 1. The smallest absolute Gasteiger partial charge is 0.257 e. The van der Waals surface area contributed by atoms with E-state index in [0.717, 1.165) is 11.4 Å². The van der Waals surface area contributed by atoms with E-state index < -0.39 is 0 Å². The van der Waals surface area contributed by atoms with Crippen molar-refractivity contribution < 1.29 is 9.59 Å². The van der Waals surface area contributed by atoms with Crippen LogP contribution in [0.5, 0.6) is 0 Å². The highest BCUT2D eigenvalue weighted by Gasteiger charge is 2.13. The van der Waals surface area contributed by atoms with Gasteiger partial charge < -0.3 is 15.5 Å². The average Bonchev–Trinajstić information content (AvgIpc) is 2.88. The van der Waals surface area contributed by atoms with E-state index in [0.29, 0.717) is 22.6 Å². The van der Waals surface area contributed by atoms with Gasteiger partial charge in [-0.3, -0.25) is 14.6 Å². The molecule has 0 aliphatic carbocycles. The Balaban J connectivity index is 1.38. The van der Waals surface area contributed by atoms with Crippen LogP contribution < -0.4 is 15.5 Å².